The van der Waals surface area contributed by atoms with Crippen LogP contribution in [-0.2, 0) is 45.1 Å². The van der Waals surface area contributed by atoms with Gasteiger partial charge in [-0.2, -0.15) is 0 Å². The Morgan fingerprint density at radius 2 is 1.36 bits per heavy atom. The van der Waals surface area contributed by atoms with E-state index in [2.05, 4.69) is 25.2 Å². The van der Waals surface area contributed by atoms with E-state index in [1.807, 2.05) is 84.1 Å². The van der Waals surface area contributed by atoms with Crippen LogP contribution in [0, 0.1) is 0 Å². The molecule has 0 fully saturated rings. The predicted octanol–water partition coefficient (Wildman–Crippen LogP) is 9.73. The molecule has 15 nitrogen and oxygen atoms in total. The normalized spacial score (nSPS) is 16.3. The summed E-state index contributed by atoms with van der Waals surface area (Å²) in [6.07, 6.45) is 6.28. The monoisotopic (exact) mass is 1030 g/mol. The fourth-order valence-corrected chi connectivity index (χ4v) is 12.1. The van der Waals surface area contributed by atoms with E-state index in [0.717, 1.165) is 40.0 Å². The van der Waals surface area contributed by atoms with E-state index in [4.69, 9.17) is 38.2 Å². The number of hydrogen-bond acceptors (Lipinski definition) is 14. The Labute approximate surface area is 435 Å². The molecule has 1 N–H and O–H groups in total. The van der Waals surface area contributed by atoms with Crippen molar-refractivity contribution in [3.05, 3.63) is 124 Å². The molecule has 73 heavy (non-hydrogen) atoms. The molecule has 0 radical (unpaired) electrons. The number of amides is 3. The number of benzene rings is 5. The van der Waals surface area contributed by atoms with Gasteiger partial charge >= 0.3 is 0 Å². The fraction of sp³-hybridized carbons (Fsp3) is 0.393. The summed E-state index contributed by atoms with van der Waals surface area (Å²) in [6, 6.07) is 28.6. The van der Waals surface area contributed by atoms with Gasteiger partial charge in [0, 0.05) is 73.2 Å². The molecule has 4 aliphatic rings. The van der Waals surface area contributed by atoms with Gasteiger partial charge in [-0.25, -0.2) is 0 Å². The maximum absolute atomic E-state index is 14.5. The first-order valence-corrected chi connectivity index (χ1v) is 27.1. The highest BCUT2D eigenvalue weighted by Crippen LogP contribution is 2.43. The molecule has 0 bridgehead atoms. The van der Waals surface area contributed by atoms with Crippen molar-refractivity contribution in [3.8, 4) is 23.0 Å². The lowest BCUT2D eigenvalue weighted by Crippen LogP contribution is -2.39. The molecular formula is C56H63N5O10S2. The summed E-state index contributed by atoms with van der Waals surface area (Å²) < 4.78 is 41.5. The third kappa shape index (κ3) is 11.6. The Bertz CT molecular complexity index is 2860. The topological polar surface area (TPSA) is 150 Å². The number of fused-ring (bicyclic) bond motifs is 8. The average Bonchev–Trinajstić information content (AvgIpc) is 3.89. The summed E-state index contributed by atoms with van der Waals surface area (Å²) in [5.74, 6) is 1.33. The molecule has 384 valence electrons. The summed E-state index contributed by atoms with van der Waals surface area (Å²) in [7, 11) is 8.17. The van der Waals surface area contributed by atoms with Crippen LogP contribution < -0.4 is 39.0 Å². The quantitative estimate of drug-likeness (QED) is 0.0489. The van der Waals surface area contributed by atoms with E-state index in [0.29, 0.717) is 103 Å². The van der Waals surface area contributed by atoms with E-state index in [1.54, 1.807) is 70.9 Å². The maximum atomic E-state index is 14.5. The van der Waals surface area contributed by atoms with Gasteiger partial charge in [-0.15, -0.1) is 0 Å². The standard InChI is InChI=1S/C56H63N5O10S2/c1-56(2,73-72-6)16-15-53(62)59(17-18-68-21-22-69-20-19-65-3)40-24-36(34-70-51-30-45-43(28-49(51)66-4)54(63)60-41(32-57-45)26-38-11-7-9-13-47(38)60)23-37(25-40)35-71-52-31-46-44(29-50(52)67-5)55(64)61-42(33-58-46)27-39-12-8-10-14-48(39)61/h7-14,23-25,28-32,41-42,58H,15-22,26-27,33-35H2,1-6H3/t41-,42-/m0/s1. The van der Waals surface area contributed by atoms with Crippen LogP contribution >= 0.6 is 21.6 Å². The van der Waals surface area contributed by atoms with Crippen LogP contribution in [0.3, 0.4) is 0 Å². The van der Waals surface area contributed by atoms with Crippen LogP contribution in [-0.4, -0.2) is 114 Å². The first kappa shape index (κ1) is 51.7. The number of carbonyl (C=O) groups is 3. The van der Waals surface area contributed by atoms with Crippen molar-refractivity contribution in [2.75, 3.05) is 93.7 Å². The van der Waals surface area contributed by atoms with Crippen molar-refractivity contribution in [1.82, 2.24) is 0 Å². The largest absolute Gasteiger partial charge is 0.493 e. The van der Waals surface area contributed by atoms with Crippen LogP contribution in [0.15, 0.2) is 96.0 Å². The number of aliphatic imine (C=N–C) groups is 1. The van der Waals surface area contributed by atoms with Crippen LogP contribution in [0.2, 0.25) is 0 Å². The molecule has 0 spiro atoms. The second kappa shape index (κ2) is 23.3. The lowest BCUT2D eigenvalue weighted by atomic mass is 10.1. The van der Waals surface area contributed by atoms with Crippen molar-refractivity contribution in [2.45, 2.75) is 69.6 Å². The Hall–Kier alpha value is -6.24. The first-order chi connectivity index (χ1) is 35.5. The molecule has 5 aromatic carbocycles. The number of nitrogens with zero attached hydrogens (tertiary/aromatic N) is 4. The van der Waals surface area contributed by atoms with E-state index in [-0.39, 0.29) is 60.9 Å². The molecule has 0 aliphatic carbocycles. The highest BCUT2D eigenvalue weighted by Gasteiger charge is 2.39. The second-order valence-corrected chi connectivity index (χ2v) is 21.9. The van der Waals surface area contributed by atoms with Gasteiger partial charge < -0.3 is 48.3 Å². The lowest BCUT2D eigenvalue weighted by molar-refractivity contribution is -0.119. The van der Waals surface area contributed by atoms with Gasteiger partial charge in [0.1, 0.15) is 13.2 Å². The molecule has 0 saturated carbocycles. The molecule has 2 atom stereocenters. The minimum Gasteiger partial charge on any atom is -0.493 e. The molecule has 4 aliphatic heterocycles. The van der Waals surface area contributed by atoms with Crippen molar-refractivity contribution in [1.29, 1.82) is 0 Å². The molecule has 9 rings (SSSR count). The number of rotatable bonds is 23. The Morgan fingerprint density at radius 3 is 2.04 bits per heavy atom. The summed E-state index contributed by atoms with van der Waals surface area (Å²) in [4.78, 5) is 53.1. The Balaban J connectivity index is 1.01. The Morgan fingerprint density at radius 1 is 0.740 bits per heavy atom. The van der Waals surface area contributed by atoms with Crippen molar-refractivity contribution >= 4 is 74.0 Å². The molecular weight excluding hydrogens is 967 g/mol. The summed E-state index contributed by atoms with van der Waals surface area (Å²) in [6.45, 7) is 7.28. The average molecular weight is 1030 g/mol. The van der Waals surface area contributed by atoms with Gasteiger partial charge in [0.05, 0.1) is 81.8 Å². The third-order valence-corrected chi connectivity index (χ3v) is 16.1. The molecule has 3 amide bonds. The molecule has 0 aromatic heterocycles. The molecule has 4 heterocycles. The predicted molar refractivity (Wildman–Crippen MR) is 290 cm³/mol. The minimum absolute atomic E-state index is 0.0337. The number of carbonyl (C=O) groups excluding carboxylic acids is 3. The smallest absolute Gasteiger partial charge is 0.261 e. The van der Waals surface area contributed by atoms with E-state index in [1.165, 1.54) is 0 Å². The van der Waals surface area contributed by atoms with Gasteiger partial charge in [-0.3, -0.25) is 24.3 Å². The fourth-order valence-electron chi connectivity index (χ4n) is 9.82. The van der Waals surface area contributed by atoms with Gasteiger partial charge in [-0.05, 0) is 97.7 Å². The van der Waals surface area contributed by atoms with Gasteiger partial charge in [0.25, 0.3) is 11.8 Å². The lowest BCUT2D eigenvalue weighted by Gasteiger charge is -2.27. The zero-order valence-corrected chi connectivity index (χ0v) is 43.9. The minimum atomic E-state index is -0.211. The van der Waals surface area contributed by atoms with Gasteiger partial charge in [0.15, 0.2) is 23.0 Å². The van der Waals surface area contributed by atoms with Crippen molar-refractivity contribution in [3.63, 3.8) is 0 Å². The van der Waals surface area contributed by atoms with E-state index < -0.39 is 0 Å². The zero-order valence-electron chi connectivity index (χ0n) is 42.3. The maximum Gasteiger partial charge on any atom is 0.261 e. The van der Waals surface area contributed by atoms with Crippen LogP contribution in [0.25, 0.3) is 0 Å². The summed E-state index contributed by atoms with van der Waals surface area (Å²) >= 11 is 0. The summed E-state index contributed by atoms with van der Waals surface area (Å²) in [5.41, 5.74) is 8.24. The van der Waals surface area contributed by atoms with Crippen molar-refractivity contribution in [2.24, 2.45) is 4.99 Å². The van der Waals surface area contributed by atoms with E-state index in [9.17, 15) is 14.4 Å². The zero-order chi connectivity index (χ0) is 51.1. The SMILES string of the molecule is COCCOCCOCCN(C(=O)CCC(C)(C)SSC)c1cc(COc2cc3c(cc2OC)C(=O)N2c4ccccc4C[C@H]2C=N3)cc(COc2cc3c(cc2OC)C(=O)N2c4ccccc4C[C@H]2CN3)c1. The Kier molecular flexibility index (Phi) is 16.5. The first-order valence-electron chi connectivity index (χ1n) is 24.6. The van der Waals surface area contributed by atoms with Crippen LogP contribution in [0.5, 0.6) is 23.0 Å². The summed E-state index contributed by atoms with van der Waals surface area (Å²) in [5, 5.41) is 3.52. The number of hydrogen-bond donors (Lipinski definition) is 1. The van der Waals surface area contributed by atoms with Crippen LogP contribution in [0.4, 0.5) is 28.4 Å². The number of nitrogens with one attached hydrogen (secondary N) is 1. The van der Waals surface area contributed by atoms with Gasteiger partial charge in [-0.1, -0.05) is 58.0 Å². The molecule has 0 unspecified atom stereocenters. The molecule has 17 heteroatoms. The van der Waals surface area contributed by atoms with Crippen molar-refractivity contribution < 1.29 is 47.5 Å². The second-order valence-electron chi connectivity index (χ2n) is 18.8. The highest BCUT2D eigenvalue weighted by molar-refractivity contribution is 8.76. The molecule has 0 saturated heterocycles. The number of anilines is 4. The van der Waals surface area contributed by atoms with E-state index >= 15 is 0 Å². The van der Waals surface area contributed by atoms with Crippen LogP contribution in [0.1, 0.15) is 69.7 Å². The number of ether oxygens (including phenoxy) is 7. The third-order valence-electron chi connectivity index (χ3n) is 13.4. The number of para-hydroxylation sites is 2. The van der Waals surface area contributed by atoms with Gasteiger partial charge in [0.2, 0.25) is 5.91 Å². The highest BCUT2D eigenvalue weighted by atomic mass is 33.1. The molecule has 5 aromatic rings. The number of methoxy groups -OCH3 is 3.